The molecule has 1 N–H and O–H groups in total. The Bertz CT molecular complexity index is 485. The van der Waals surface area contributed by atoms with Gasteiger partial charge in [-0.25, -0.2) is 0 Å². The Morgan fingerprint density at radius 1 is 1.36 bits per heavy atom. The molecule has 3 aliphatic rings. The van der Waals surface area contributed by atoms with Crippen LogP contribution in [0.1, 0.15) is 51.9 Å². The van der Waals surface area contributed by atoms with E-state index in [0.717, 1.165) is 13.0 Å². The Morgan fingerprint density at radius 3 is 2.82 bits per heavy atom. The Labute approximate surface area is 131 Å². The summed E-state index contributed by atoms with van der Waals surface area (Å²) in [6, 6.07) is 0. The average Bonchev–Trinajstić information content (AvgIpc) is 3.14. The van der Waals surface area contributed by atoms with Crippen LogP contribution in [0.15, 0.2) is 5.16 Å². The third-order valence-electron chi connectivity index (χ3n) is 5.14. The van der Waals surface area contributed by atoms with Crippen molar-refractivity contribution in [2.75, 3.05) is 19.6 Å². The summed E-state index contributed by atoms with van der Waals surface area (Å²) in [6.45, 7) is 3.52. The molecule has 6 nitrogen and oxygen atoms in total. The fourth-order valence-corrected chi connectivity index (χ4v) is 3.71. The van der Waals surface area contributed by atoms with E-state index in [9.17, 15) is 9.59 Å². The van der Waals surface area contributed by atoms with Crippen LogP contribution < -0.4 is 5.32 Å². The van der Waals surface area contributed by atoms with Gasteiger partial charge in [0.1, 0.15) is 5.71 Å². The Kier molecular flexibility index (Phi) is 4.36. The van der Waals surface area contributed by atoms with Gasteiger partial charge in [0.05, 0.1) is 6.54 Å². The van der Waals surface area contributed by atoms with Crippen molar-refractivity contribution in [3.05, 3.63) is 0 Å². The second-order valence-electron chi connectivity index (χ2n) is 6.89. The highest BCUT2D eigenvalue weighted by atomic mass is 16.7. The highest BCUT2D eigenvalue weighted by Gasteiger charge is 2.47. The second kappa shape index (κ2) is 6.26. The summed E-state index contributed by atoms with van der Waals surface area (Å²) >= 11 is 0. The van der Waals surface area contributed by atoms with Crippen LogP contribution in [-0.4, -0.2) is 47.7 Å². The maximum absolute atomic E-state index is 12.2. The summed E-state index contributed by atoms with van der Waals surface area (Å²) in [5.41, 5.74) is 0.00428. The molecule has 1 unspecified atom stereocenters. The molecule has 6 heteroatoms. The van der Waals surface area contributed by atoms with Gasteiger partial charge < -0.3 is 15.1 Å². The maximum Gasteiger partial charge on any atom is 0.269 e. The van der Waals surface area contributed by atoms with E-state index < -0.39 is 5.60 Å². The molecule has 2 amide bonds. The maximum atomic E-state index is 12.2. The van der Waals surface area contributed by atoms with Gasteiger partial charge in [-0.2, -0.15) is 0 Å². The summed E-state index contributed by atoms with van der Waals surface area (Å²) in [5.74, 6) is 0.550. The summed E-state index contributed by atoms with van der Waals surface area (Å²) in [4.78, 5) is 31.0. The summed E-state index contributed by atoms with van der Waals surface area (Å²) in [7, 11) is 0. The lowest BCUT2D eigenvalue weighted by molar-refractivity contribution is -0.129. The molecular weight excluding hydrogens is 282 g/mol. The average molecular weight is 307 g/mol. The van der Waals surface area contributed by atoms with E-state index in [2.05, 4.69) is 10.5 Å². The molecule has 2 fully saturated rings. The molecule has 2 aliphatic heterocycles. The lowest BCUT2D eigenvalue weighted by Gasteiger charge is -2.22. The number of amides is 2. The van der Waals surface area contributed by atoms with E-state index in [1.54, 1.807) is 11.8 Å². The van der Waals surface area contributed by atoms with Crippen molar-refractivity contribution in [2.24, 2.45) is 11.1 Å². The monoisotopic (exact) mass is 307 g/mol. The minimum Gasteiger partial charge on any atom is -0.386 e. The summed E-state index contributed by atoms with van der Waals surface area (Å²) in [5, 5.41) is 7.00. The Balaban J connectivity index is 1.47. The largest absolute Gasteiger partial charge is 0.386 e. The normalized spacial score (nSPS) is 28.6. The number of carbonyl (C=O) groups is 2. The van der Waals surface area contributed by atoms with Gasteiger partial charge in [-0.1, -0.05) is 24.4 Å². The summed E-state index contributed by atoms with van der Waals surface area (Å²) in [6.07, 6.45) is 7.54. The molecule has 1 saturated heterocycles. The molecule has 0 radical (unpaired) electrons. The Morgan fingerprint density at radius 2 is 2.14 bits per heavy atom. The van der Waals surface area contributed by atoms with Crippen molar-refractivity contribution < 1.29 is 14.4 Å². The van der Waals surface area contributed by atoms with Gasteiger partial charge in [-0.15, -0.1) is 0 Å². The number of oxime groups is 1. The quantitative estimate of drug-likeness (QED) is 0.858. The molecule has 3 rings (SSSR count). The van der Waals surface area contributed by atoms with E-state index in [1.165, 1.54) is 32.1 Å². The fraction of sp³-hybridized carbons (Fsp3) is 0.812. The van der Waals surface area contributed by atoms with Crippen LogP contribution in [0.3, 0.4) is 0 Å². The van der Waals surface area contributed by atoms with E-state index in [1.807, 2.05) is 0 Å². The predicted molar refractivity (Wildman–Crippen MR) is 82.3 cm³/mol. The van der Waals surface area contributed by atoms with Crippen molar-refractivity contribution in [3.63, 3.8) is 0 Å². The van der Waals surface area contributed by atoms with Crippen molar-refractivity contribution in [1.82, 2.24) is 10.2 Å². The second-order valence-corrected chi connectivity index (χ2v) is 6.89. The van der Waals surface area contributed by atoms with Crippen LogP contribution in [0.5, 0.6) is 0 Å². The van der Waals surface area contributed by atoms with Crippen molar-refractivity contribution in [1.29, 1.82) is 0 Å². The van der Waals surface area contributed by atoms with Crippen LogP contribution >= 0.6 is 0 Å². The van der Waals surface area contributed by atoms with Crippen molar-refractivity contribution in [3.8, 4) is 0 Å². The van der Waals surface area contributed by atoms with E-state index in [4.69, 9.17) is 4.84 Å². The number of nitrogens with one attached hydrogen (secondary N) is 1. The molecule has 22 heavy (non-hydrogen) atoms. The fourth-order valence-electron chi connectivity index (χ4n) is 3.71. The number of nitrogens with zero attached hydrogens (tertiary/aromatic N) is 2. The molecule has 1 saturated carbocycles. The van der Waals surface area contributed by atoms with E-state index in [0.29, 0.717) is 31.1 Å². The number of rotatable bonds is 3. The van der Waals surface area contributed by atoms with Crippen LogP contribution in [0.4, 0.5) is 0 Å². The summed E-state index contributed by atoms with van der Waals surface area (Å²) < 4.78 is 0. The number of hydrogen-bond acceptors (Lipinski definition) is 4. The van der Waals surface area contributed by atoms with Gasteiger partial charge in [-0.3, -0.25) is 9.59 Å². The molecule has 0 aromatic rings. The minimum atomic E-state index is -0.469. The zero-order valence-corrected chi connectivity index (χ0v) is 13.3. The Hall–Kier alpha value is -1.59. The molecule has 1 spiro atoms. The smallest absolute Gasteiger partial charge is 0.269 e. The zero-order chi connectivity index (χ0) is 15.6. The lowest BCUT2D eigenvalue weighted by atomic mass is 9.89. The van der Waals surface area contributed by atoms with Crippen LogP contribution in [0.25, 0.3) is 0 Å². The van der Waals surface area contributed by atoms with Crippen LogP contribution in [0, 0.1) is 5.92 Å². The standard InChI is InChI=1S/C16H25N3O3/c1-12(20)19-8-7-16(11-19)9-14(18-22-16)15(21)17-10-13-5-3-2-4-6-13/h13H,2-11H2,1H3,(H,17,21). The van der Waals surface area contributed by atoms with Gasteiger partial charge in [0.15, 0.2) is 5.60 Å². The molecule has 1 aliphatic carbocycles. The number of hydrogen-bond donors (Lipinski definition) is 1. The lowest BCUT2D eigenvalue weighted by Crippen LogP contribution is -2.39. The molecule has 1 atom stereocenters. The first-order valence-electron chi connectivity index (χ1n) is 8.37. The first kappa shape index (κ1) is 15.3. The molecule has 0 aromatic carbocycles. The zero-order valence-electron chi connectivity index (χ0n) is 13.3. The van der Waals surface area contributed by atoms with Gasteiger partial charge in [0, 0.05) is 32.9 Å². The van der Waals surface area contributed by atoms with Crippen molar-refractivity contribution >= 4 is 17.5 Å². The minimum absolute atomic E-state index is 0.0516. The third-order valence-corrected chi connectivity index (χ3v) is 5.14. The van der Waals surface area contributed by atoms with E-state index >= 15 is 0 Å². The van der Waals surface area contributed by atoms with Crippen LogP contribution in [0.2, 0.25) is 0 Å². The van der Waals surface area contributed by atoms with Crippen LogP contribution in [-0.2, 0) is 14.4 Å². The predicted octanol–water partition coefficient (Wildman–Crippen LogP) is 1.45. The van der Waals surface area contributed by atoms with E-state index in [-0.39, 0.29) is 11.8 Å². The highest BCUT2D eigenvalue weighted by molar-refractivity contribution is 6.39. The molecule has 0 aromatic heterocycles. The van der Waals surface area contributed by atoms with Gasteiger partial charge in [-0.05, 0) is 18.8 Å². The number of likely N-dealkylation sites (tertiary alicyclic amines) is 1. The molecule has 122 valence electrons. The molecule has 2 heterocycles. The first-order chi connectivity index (χ1) is 10.6. The topological polar surface area (TPSA) is 71.0 Å². The highest BCUT2D eigenvalue weighted by Crippen LogP contribution is 2.33. The molecule has 0 bridgehead atoms. The van der Waals surface area contributed by atoms with Crippen molar-refractivity contribution in [2.45, 2.75) is 57.5 Å². The first-order valence-corrected chi connectivity index (χ1v) is 8.37. The third kappa shape index (κ3) is 3.25. The number of carbonyl (C=O) groups excluding carboxylic acids is 2. The van der Waals surface area contributed by atoms with Gasteiger partial charge in [0.25, 0.3) is 5.91 Å². The van der Waals surface area contributed by atoms with Gasteiger partial charge >= 0.3 is 0 Å². The molecular formula is C16H25N3O3. The van der Waals surface area contributed by atoms with Gasteiger partial charge in [0.2, 0.25) is 5.91 Å². The SMILES string of the molecule is CC(=O)N1CCC2(CC(C(=O)NCC3CCCCC3)=NO2)C1.